The van der Waals surface area contributed by atoms with Crippen molar-refractivity contribution in [2.24, 2.45) is 0 Å². The van der Waals surface area contributed by atoms with Crippen molar-refractivity contribution in [2.75, 3.05) is 4.90 Å². The van der Waals surface area contributed by atoms with Gasteiger partial charge in [-0.2, -0.15) is 0 Å². The fourth-order valence-electron chi connectivity index (χ4n) is 3.48. The molecule has 1 aliphatic rings. The summed E-state index contributed by atoms with van der Waals surface area (Å²) >= 11 is 3.27. The van der Waals surface area contributed by atoms with Crippen molar-refractivity contribution in [3.8, 4) is 0 Å². The molecule has 8 heteroatoms. The maximum atomic E-state index is 14.6. The highest BCUT2D eigenvalue weighted by atomic mass is 79.9. The maximum Gasteiger partial charge on any atom is 0.300 e. The molecule has 4 nitrogen and oxygen atoms in total. The Kier molecular flexibility index (Phi) is 5.41. The smallest absolute Gasteiger partial charge is 0.300 e. The van der Waals surface area contributed by atoms with E-state index in [1.54, 1.807) is 12.1 Å². The average Bonchev–Trinajstić information content (AvgIpc) is 3.01. The van der Waals surface area contributed by atoms with Crippen molar-refractivity contribution >= 4 is 39.1 Å². The van der Waals surface area contributed by atoms with Crippen molar-refractivity contribution in [3.05, 3.63) is 105 Å². The van der Waals surface area contributed by atoms with Crippen LogP contribution < -0.4 is 4.90 Å². The van der Waals surface area contributed by atoms with Gasteiger partial charge in [0.05, 0.1) is 17.3 Å². The first kappa shape index (κ1) is 20.9. The summed E-state index contributed by atoms with van der Waals surface area (Å²) < 4.78 is 42.6. The summed E-state index contributed by atoms with van der Waals surface area (Å²) in [4.78, 5) is 26.6. The van der Waals surface area contributed by atoms with Gasteiger partial charge in [0.2, 0.25) is 0 Å². The van der Waals surface area contributed by atoms with Crippen LogP contribution in [0.2, 0.25) is 0 Å². The summed E-state index contributed by atoms with van der Waals surface area (Å²) in [6.07, 6.45) is 0. The van der Waals surface area contributed by atoms with Crippen molar-refractivity contribution in [3.63, 3.8) is 0 Å². The van der Waals surface area contributed by atoms with Crippen molar-refractivity contribution < 1.29 is 27.9 Å². The maximum absolute atomic E-state index is 14.6. The molecule has 0 aliphatic carbocycles. The average molecular weight is 488 g/mol. The molecule has 3 aromatic rings. The number of hydrogen-bond acceptors (Lipinski definition) is 3. The van der Waals surface area contributed by atoms with Crippen molar-refractivity contribution in [1.82, 2.24) is 0 Å². The van der Waals surface area contributed by atoms with Gasteiger partial charge < -0.3 is 5.11 Å². The lowest BCUT2D eigenvalue weighted by atomic mass is 9.95. The van der Waals surface area contributed by atoms with Crippen LogP contribution in [0, 0.1) is 17.5 Å². The Morgan fingerprint density at radius 3 is 2.13 bits per heavy atom. The summed E-state index contributed by atoms with van der Waals surface area (Å²) in [5, 5.41) is 10.9. The molecule has 1 unspecified atom stereocenters. The van der Waals surface area contributed by atoms with Crippen LogP contribution in [-0.4, -0.2) is 16.8 Å². The van der Waals surface area contributed by atoms with E-state index in [2.05, 4.69) is 15.9 Å². The van der Waals surface area contributed by atoms with Gasteiger partial charge in [-0.05, 0) is 42.0 Å². The Hall–Kier alpha value is -3.39. The zero-order valence-corrected chi connectivity index (χ0v) is 17.2. The van der Waals surface area contributed by atoms with Gasteiger partial charge >= 0.3 is 0 Å². The number of anilines is 1. The predicted molar refractivity (Wildman–Crippen MR) is 112 cm³/mol. The highest BCUT2D eigenvalue weighted by molar-refractivity contribution is 9.10. The summed E-state index contributed by atoms with van der Waals surface area (Å²) in [5.74, 6) is -5.01. The molecule has 156 valence electrons. The van der Waals surface area contributed by atoms with Gasteiger partial charge in [0.1, 0.15) is 23.2 Å². The molecular weight excluding hydrogens is 475 g/mol. The number of nitrogens with zero attached hydrogens (tertiary/aromatic N) is 1. The number of aliphatic hydroxyl groups is 1. The van der Waals surface area contributed by atoms with Crippen LogP contribution in [-0.2, 0) is 9.59 Å². The molecular formula is C23H13BrF3NO3. The first-order chi connectivity index (χ1) is 14.8. The largest absolute Gasteiger partial charge is 0.507 e. The van der Waals surface area contributed by atoms with Gasteiger partial charge in [-0.15, -0.1) is 0 Å². The quantitative estimate of drug-likeness (QED) is 0.301. The lowest BCUT2D eigenvalue weighted by Crippen LogP contribution is -2.30. The number of carbonyl (C=O) groups is 2. The summed E-state index contributed by atoms with van der Waals surface area (Å²) in [5.41, 5.74) is -0.301. The fourth-order valence-corrected chi connectivity index (χ4v) is 3.74. The minimum Gasteiger partial charge on any atom is -0.507 e. The molecule has 1 atom stereocenters. The van der Waals surface area contributed by atoms with Gasteiger partial charge in [-0.25, -0.2) is 13.2 Å². The van der Waals surface area contributed by atoms with E-state index in [-0.39, 0.29) is 16.7 Å². The van der Waals surface area contributed by atoms with Gasteiger partial charge in [0, 0.05) is 16.1 Å². The molecule has 0 saturated carbocycles. The molecule has 3 aromatic carbocycles. The van der Waals surface area contributed by atoms with Crippen LogP contribution >= 0.6 is 15.9 Å². The van der Waals surface area contributed by atoms with Gasteiger partial charge in [0.25, 0.3) is 11.7 Å². The first-order valence-electron chi connectivity index (χ1n) is 9.05. The van der Waals surface area contributed by atoms with E-state index in [0.29, 0.717) is 0 Å². The number of rotatable bonds is 3. The molecule has 1 amide bonds. The van der Waals surface area contributed by atoms with Crippen LogP contribution in [0.25, 0.3) is 5.76 Å². The van der Waals surface area contributed by atoms with Crippen molar-refractivity contribution in [2.45, 2.75) is 6.04 Å². The molecule has 0 spiro atoms. The molecule has 0 radical (unpaired) electrons. The zero-order chi connectivity index (χ0) is 22.3. The minimum absolute atomic E-state index is 0.239. The second kappa shape index (κ2) is 8.03. The van der Waals surface area contributed by atoms with E-state index < -0.39 is 46.6 Å². The number of carbonyl (C=O) groups excluding carboxylic acids is 2. The Morgan fingerprint density at radius 1 is 0.871 bits per heavy atom. The lowest BCUT2D eigenvalue weighted by Gasteiger charge is -2.25. The van der Waals surface area contributed by atoms with Crippen molar-refractivity contribution in [1.29, 1.82) is 0 Å². The molecule has 31 heavy (non-hydrogen) atoms. The standard InChI is InChI=1S/C23H13BrF3NO3/c24-14-5-1-13(2-6-14)21(29)19-20(12-3-7-15(25)8-4-12)28(23(31)22(19)30)18-11-16(26)9-10-17(18)27/h1-11,20,29H/b21-19+. The first-order valence-corrected chi connectivity index (χ1v) is 9.84. The third-order valence-corrected chi connectivity index (χ3v) is 5.44. The Morgan fingerprint density at radius 2 is 1.48 bits per heavy atom. The fraction of sp³-hybridized carbons (Fsp3) is 0.0435. The number of amides is 1. The van der Waals surface area contributed by atoms with Crippen LogP contribution in [0.15, 0.2) is 76.8 Å². The minimum atomic E-state index is -1.29. The summed E-state index contributed by atoms with van der Waals surface area (Å²) in [7, 11) is 0. The van der Waals surface area contributed by atoms with Gasteiger partial charge in [-0.1, -0.05) is 40.2 Å². The van der Waals surface area contributed by atoms with E-state index in [9.17, 15) is 27.9 Å². The molecule has 1 heterocycles. The molecule has 1 aliphatic heterocycles. The topological polar surface area (TPSA) is 57.6 Å². The van der Waals surface area contributed by atoms with Crippen LogP contribution in [0.4, 0.5) is 18.9 Å². The van der Waals surface area contributed by atoms with E-state index in [1.807, 2.05) is 0 Å². The summed E-state index contributed by atoms with van der Waals surface area (Å²) in [6, 6.07) is 12.4. The van der Waals surface area contributed by atoms with Gasteiger partial charge in [-0.3, -0.25) is 14.5 Å². The van der Waals surface area contributed by atoms with E-state index in [1.165, 1.54) is 24.3 Å². The van der Waals surface area contributed by atoms with Crippen LogP contribution in [0.1, 0.15) is 17.2 Å². The predicted octanol–water partition coefficient (Wildman–Crippen LogP) is 5.49. The second-order valence-electron chi connectivity index (χ2n) is 6.82. The third-order valence-electron chi connectivity index (χ3n) is 4.92. The highest BCUT2D eigenvalue weighted by Crippen LogP contribution is 2.43. The number of halogens is 4. The number of hydrogen-bond donors (Lipinski definition) is 1. The Bertz CT molecular complexity index is 1220. The SMILES string of the molecule is O=C1C(=O)N(c2cc(F)ccc2F)C(c2ccc(F)cc2)/C1=C(\O)c1ccc(Br)cc1. The number of aliphatic hydroxyl groups excluding tert-OH is 1. The molecule has 1 fully saturated rings. The zero-order valence-electron chi connectivity index (χ0n) is 15.7. The lowest BCUT2D eigenvalue weighted by molar-refractivity contribution is -0.132. The van der Waals surface area contributed by atoms with E-state index in [0.717, 1.165) is 39.7 Å². The molecule has 0 aromatic heterocycles. The Balaban J connectivity index is 1.97. The monoisotopic (exact) mass is 487 g/mol. The number of benzene rings is 3. The van der Waals surface area contributed by atoms with E-state index >= 15 is 0 Å². The normalized spacial score (nSPS) is 17.9. The second-order valence-corrected chi connectivity index (χ2v) is 7.74. The number of Topliss-reactive ketones (excluding diaryl/α,β-unsaturated/α-hetero) is 1. The van der Waals surface area contributed by atoms with E-state index in [4.69, 9.17) is 0 Å². The molecule has 1 N–H and O–H groups in total. The number of ketones is 1. The van der Waals surface area contributed by atoms with Crippen LogP contribution in [0.5, 0.6) is 0 Å². The Labute approximate surface area is 183 Å². The third kappa shape index (κ3) is 3.74. The highest BCUT2D eigenvalue weighted by Gasteiger charge is 2.47. The van der Waals surface area contributed by atoms with Crippen LogP contribution in [0.3, 0.4) is 0 Å². The summed E-state index contributed by atoms with van der Waals surface area (Å²) in [6.45, 7) is 0. The molecule has 0 bridgehead atoms. The molecule has 4 rings (SSSR count). The molecule has 1 saturated heterocycles. The van der Waals surface area contributed by atoms with Gasteiger partial charge in [0.15, 0.2) is 0 Å².